The van der Waals surface area contributed by atoms with Gasteiger partial charge in [0, 0.05) is 30.2 Å². The molecule has 0 bridgehead atoms. The lowest BCUT2D eigenvalue weighted by molar-refractivity contribution is -0.182. The fourth-order valence-corrected chi connectivity index (χ4v) is 5.61. The lowest BCUT2D eigenvalue weighted by atomic mass is 9.75. The van der Waals surface area contributed by atoms with Crippen molar-refractivity contribution < 1.29 is 14.3 Å². The molecule has 4 rings (SSSR count). The van der Waals surface area contributed by atoms with Gasteiger partial charge in [-0.3, -0.25) is 4.90 Å². The van der Waals surface area contributed by atoms with E-state index in [2.05, 4.69) is 62.9 Å². The van der Waals surface area contributed by atoms with Gasteiger partial charge in [-0.25, -0.2) is 4.79 Å². The minimum atomic E-state index is -0.494. The van der Waals surface area contributed by atoms with Crippen molar-refractivity contribution in [2.45, 2.75) is 71.8 Å². The maximum absolute atomic E-state index is 12.2. The van der Waals surface area contributed by atoms with Crippen LogP contribution in [0.15, 0.2) is 42.0 Å². The fourth-order valence-electron chi connectivity index (χ4n) is 5.61. The first-order valence-electron chi connectivity index (χ1n) is 11.8. The van der Waals surface area contributed by atoms with E-state index < -0.39 is 6.29 Å². The molecule has 30 heavy (non-hydrogen) atoms. The van der Waals surface area contributed by atoms with Crippen molar-refractivity contribution in [1.82, 2.24) is 4.90 Å². The van der Waals surface area contributed by atoms with Crippen LogP contribution in [0.2, 0.25) is 0 Å². The molecule has 1 aromatic carbocycles. The summed E-state index contributed by atoms with van der Waals surface area (Å²) >= 11 is 0. The summed E-state index contributed by atoms with van der Waals surface area (Å²) in [5, 5.41) is 0. The number of hydrogen-bond donors (Lipinski definition) is 0. The Morgan fingerprint density at radius 1 is 1.10 bits per heavy atom. The maximum atomic E-state index is 12.2. The highest BCUT2D eigenvalue weighted by Crippen LogP contribution is 2.40. The fraction of sp³-hybridized carbons (Fsp3) is 0.654. The van der Waals surface area contributed by atoms with E-state index in [1.807, 2.05) is 0 Å². The normalized spacial score (nSPS) is 33.6. The molecule has 0 radical (unpaired) electrons. The van der Waals surface area contributed by atoms with Crippen LogP contribution in [0, 0.1) is 23.7 Å². The smallest absolute Gasteiger partial charge is 0.333 e. The van der Waals surface area contributed by atoms with Gasteiger partial charge in [-0.05, 0) is 56.0 Å². The van der Waals surface area contributed by atoms with Crippen LogP contribution in [0.4, 0.5) is 0 Å². The number of cyclic esters (lactones) is 1. The highest BCUT2D eigenvalue weighted by atomic mass is 16.7. The van der Waals surface area contributed by atoms with Crippen LogP contribution in [0.3, 0.4) is 0 Å². The van der Waals surface area contributed by atoms with Crippen molar-refractivity contribution in [1.29, 1.82) is 0 Å². The summed E-state index contributed by atoms with van der Waals surface area (Å²) in [6.07, 6.45) is 5.97. The van der Waals surface area contributed by atoms with E-state index in [0.29, 0.717) is 29.7 Å². The van der Waals surface area contributed by atoms with Gasteiger partial charge in [-0.2, -0.15) is 0 Å². The summed E-state index contributed by atoms with van der Waals surface area (Å²) in [6.45, 7) is 11.1. The van der Waals surface area contributed by atoms with E-state index >= 15 is 0 Å². The number of nitrogens with zero attached hydrogens (tertiary/aromatic N) is 1. The second-order valence-corrected chi connectivity index (χ2v) is 9.98. The molecule has 0 spiro atoms. The first-order chi connectivity index (χ1) is 14.4. The SMILES string of the molecule is CC(C)[C@@H]1CC[C@@H](C)C[C@H]1O[C@H]1OC(=O)C=C1[C@@H]1CCN([C@H](C)c2ccccc2)C1. The maximum Gasteiger partial charge on any atom is 0.333 e. The van der Waals surface area contributed by atoms with Gasteiger partial charge in [0.15, 0.2) is 0 Å². The van der Waals surface area contributed by atoms with Crippen molar-refractivity contribution in [2.75, 3.05) is 13.1 Å². The zero-order valence-electron chi connectivity index (χ0n) is 18.9. The second-order valence-electron chi connectivity index (χ2n) is 9.98. The monoisotopic (exact) mass is 411 g/mol. The molecule has 164 valence electrons. The van der Waals surface area contributed by atoms with E-state index in [4.69, 9.17) is 9.47 Å². The molecule has 1 aliphatic carbocycles. The molecule has 0 unspecified atom stereocenters. The molecule has 3 aliphatic rings. The van der Waals surface area contributed by atoms with Crippen LogP contribution >= 0.6 is 0 Å². The summed E-state index contributed by atoms with van der Waals surface area (Å²) in [4.78, 5) is 14.7. The van der Waals surface area contributed by atoms with Crippen molar-refractivity contribution in [3.8, 4) is 0 Å². The third-order valence-corrected chi connectivity index (χ3v) is 7.56. The summed E-state index contributed by atoms with van der Waals surface area (Å²) in [5.41, 5.74) is 2.40. The molecule has 1 saturated carbocycles. The van der Waals surface area contributed by atoms with Crippen LogP contribution in [0.1, 0.15) is 65.0 Å². The lowest BCUT2D eigenvalue weighted by Crippen LogP contribution is -2.38. The molecule has 2 fully saturated rings. The third-order valence-electron chi connectivity index (χ3n) is 7.56. The Morgan fingerprint density at radius 2 is 1.87 bits per heavy atom. The average Bonchev–Trinajstić information content (AvgIpc) is 3.34. The largest absolute Gasteiger partial charge is 0.428 e. The highest BCUT2D eigenvalue weighted by molar-refractivity contribution is 5.85. The highest BCUT2D eigenvalue weighted by Gasteiger charge is 2.41. The van der Waals surface area contributed by atoms with Crippen LogP contribution in [-0.4, -0.2) is 36.4 Å². The molecule has 4 nitrogen and oxygen atoms in total. The van der Waals surface area contributed by atoms with Gasteiger partial charge in [0.05, 0.1) is 6.10 Å². The molecule has 6 atom stereocenters. The molecule has 4 heteroatoms. The van der Waals surface area contributed by atoms with Gasteiger partial charge in [0.2, 0.25) is 6.29 Å². The molecule has 0 N–H and O–H groups in total. The van der Waals surface area contributed by atoms with E-state index in [0.717, 1.165) is 31.5 Å². The summed E-state index contributed by atoms with van der Waals surface area (Å²) in [7, 11) is 0. The Morgan fingerprint density at radius 3 is 2.60 bits per heavy atom. The number of likely N-dealkylation sites (tertiary alicyclic amines) is 1. The number of ether oxygens (including phenoxy) is 2. The van der Waals surface area contributed by atoms with E-state index in [-0.39, 0.29) is 12.1 Å². The van der Waals surface area contributed by atoms with Crippen molar-refractivity contribution in [2.24, 2.45) is 23.7 Å². The minimum absolute atomic E-state index is 0.175. The Kier molecular flexibility index (Phi) is 6.64. The first-order valence-corrected chi connectivity index (χ1v) is 11.8. The van der Waals surface area contributed by atoms with Crippen molar-refractivity contribution in [3.05, 3.63) is 47.5 Å². The Balaban J connectivity index is 1.43. The number of carbonyl (C=O) groups is 1. The molecule has 1 aromatic rings. The summed E-state index contributed by atoms with van der Waals surface area (Å²) < 4.78 is 12.2. The molecule has 0 amide bonds. The zero-order chi connectivity index (χ0) is 21.3. The number of benzene rings is 1. The number of esters is 1. The molecular formula is C26H37NO3. The van der Waals surface area contributed by atoms with Crippen LogP contribution < -0.4 is 0 Å². The number of rotatable bonds is 6. The molecule has 0 aromatic heterocycles. The zero-order valence-corrected chi connectivity index (χ0v) is 18.9. The second kappa shape index (κ2) is 9.23. The molecule has 2 aliphatic heterocycles. The predicted molar refractivity (Wildman–Crippen MR) is 119 cm³/mol. The van der Waals surface area contributed by atoms with Crippen molar-refractivity contribution >= 4 is 5.97 Å². The topological polar surface area (TPSA) is 38.8 Å². The van der Waals surface area contributed by atoms with Gasteiger partial charge in [-0.15, -0.1) is 0 Å². The molecule has 1 saturated heterocycles. The Bertz CT molecular complexity index is 759. The number of carbonyl (C=O) groups excluding carboxylic acids is 1. The third kappa shape index (κ3) is 4.65. The average molecular weight is 412 g/mol. The Hall–Kier alpha value is -1.65. The standard InChI is InChI=1S/C26H37NO3/c1-17(2)22-11-10-18(3)14-24(22)29-26-23(15-25(28)30-26)21-12-13-27(16-21)19(4)20-8-6-5-7-9-20/h5-9,15,17-19,21-22,24,26H,10-14,16H2,1-4H3/t18-,19-,21-,22+,24-,26+/m1/s1. The summed E-state index contributed by atoms with van der Waals surface area (Å²) in [6, 6.07) is 11.0. The van der Waals surface area contributed by atoms with Gasteiger partial charge in [-0.1, -0.05) is 57.5 Å². The molecule has 2 heterocycles. The van der Waals surface area contributed by atoms with Gasteiger partial charge in [0.1, 0.15) is 0 Å². The van der Waals surface area contributed by atoms with Gasteiger partial charge >= 0.3 is 5.97 Å². The van der Waals surface area contributed by atoms with Crippen molar-refractivity contribution in [3.63, 3.8) is 0 Å². The number of hydrogen-bond acceptors (Lipinski definition) is 4. The lowest BCUT2D eigenvalue weighted by Gasteiger charge is -2.38. The predicted octanol–water partition coefficient (Wildman–Crippen LogP) is 5.36. The first kappa shape index (κ1) is 21.6. The van der Waals surface area contributed by atoms with E-state index in [1.165, 1.54) is 18.4 Å². The van der Waals surface area contributed by atoms with E-state index in [9.17, 15) is 4.79 Å². The van der Waals surface area contributed by atoms with Crippen LogP contribution in [0.25, 0.3) is 0 Å². The molecular weight excluding hydrogens is 374 g/mol. The van der Waals surface area contributed by atoms with Gasteiger partial charge in [0.25, 0.3) is 0 Å². The van der Waals surface area contributed by atoms with Crippen LogP contribution in [0.5, 0.6) is 0 Å². The quantitative estimate of drug-likeness (QED) is 0.591. The van der Waals surface area contributed by atoms with Crippen LogP contribution in [-0.2, 0) is 14.3 Å². The van der Waals surface area contributed by atoms with Gasteiger partial charge < -0.3 is 9.47 Å². The minimum Gasteiger partial charge on any atom is -0.428 e. The Labute approximate surface area is 181 Å². The van der Waals surface area contributed by atoms with E-state index in [1.54, 1.807) is 6.08 Å². The summed E-state index contributed by atoms with van der Waals surface area (Å²) in [5.74, 6) is 1.88.